The highest BCUT2D eigenvalue weighted by Gasteiger charge is 2.14. The van der Waals surface area contributed by atoms with Gasteiger partial charge in [0.25, 0.3) is 0 Å². The Morgan fingerprint density at radius 3 is 2.62 bits per heavy atom. The molecule has 1 aromatic rings. The van der Waals surface area contributed by atoms with Crippen molar-refractivity contribution >= 4 is 5.97 Å². The highest BCUT2D eigenvalue weighted by Crippen LogP contribution is 2.10. The van der Waals surface area contributed by atoms with Gasteiger partial charge in [-0.1, -0.05) is 6.92 Å². The molecule has 1 N–H and O–H groups in total. The molecule has 0 spiro atoms. The van der Waals surface area contributed by atoms with E-state index in [4.69, 9.17) is 0 Å². The predicted octanol–water partition coefficient (Wildman–Crippen LogP) is 1.54. The fourth-order valence-electron chi connectivity index (χ4n) is 1.41. The number of ether oxygens (including phenoxy) is 1. The van der Waals surface area contributed by atoms with Crippen molar-refractivity contribution < 1.29 is 9.53 Å². The van der Waals surface area contributed by atoms with E-state index in [0.29, 0.717) is 6.54 Å². The van der Waals surface area contributed by atoms with E-state index >= 15 is 0 Å². The van der Waals surface area contributed by atoms with E-state index in [1.807, 2.05) is 19.1 Å². The van der Waals surface area contributed by atoms with Crippen LogP contribution in [-0.2, 0) is 9.53 Å². The van der Waals surface area contributed by atoms with Crippen LogP contribution in [-0.4, -0.2) is 24.6 Å². The molecule has 88 valence electrons. The Morgan fingerprint density at radius 1 is 1.44 bits per heavy atom. The minimum atomic E-state index is -0.186. The van der Waals surface area contributed by atoms with E-state index in [1.165, 1.54) is 7.11 Å². The number of esters is 1. The van der Waals surface area contributed by atoms with Crippen LogP contribution in [0.15, 0.2) is 24.5 Å². The second-order valence-electron chi connectivity index (χ2n) is 3.83. The lowest BCUT2D eigenvalue weighted by Gasteiger charge is -2.16. The number of hydrogen-bond donors (Lipinski definition) is 1. The predicted molar refractivity (Wildman–Crippen MR) is 61.8 cm³/mol. The molecule has 0 saturated carbocycles. The Labute approximate surface area is 96.0 Å². The van der Waals surface area contributed by atoms with Gasteiger partial charge in [-0.3, -0.25) is 9.78 Å². The number of nitrogens with zero attached hydrogens (tertiary/aromatic N) is 1. The topological polar surface area (TPSA) is 51.2 Å². The van der Waals surface area contributed by atoms with E-state index in [1.54, 1.807) is 12.4 Å². The maximum atomic E-state index is 11.2. The molecule has 0 aliphatic rings. The van der Waals surface area contributed by atoms with Crippen LogP contribution in [0, 0.1) is 5.92 Å². The molecular weight excluding hydrogens is 204 g/mol. The maximum Gasteiger partial charge on any atom is 0.309 e. The molecule has 0 amide bonds. The van der Waals surface area contributed by atoms with Crippen molar-refractivity contribution in [2.24, 2.45) is 5.92 Å². The summed E-state index contributed by atoms with van der Waals surface area (Å²) >= 11 is 0. The van der Waals surface area contributed by atoms with Crippen LogP contribution in [0.1, 0.15) is 25.5 Å². The van der Waals surface area contributed by atoms with Gasteiger partial charge in [-0.05, 0) is 24.6 Å². The molecule has 16 heavy (non-hydrogen) atoms. The molecular formula is C12H18N2O2. The number of carbonyl (C=O) groups excluding carboxylic acids is 1. The number of carbonyl (C=O) groups is 1. The van der Waals surface area contributed by atoms with Gasteiger partial charge >= 0.3 is 5.97 Å². The van der Waals surface area contributed by atoms with Gasteiger partial charge in [0.15, 0.2) is 0 Å². The average Bonchev–Trinajstić information content (AvgIpc) is 2.35. The van der Waals surface area contributed by atoms with Crippen molar-refractivity contribution in [1.82, 2.24) is 10.3 Å². The fraction of sp³-hybridized carbons (Fsp3) is 0.500. The minimum Gasteiger partial charge on any atom is -0.469 e. The van der Waals surface area contributed by atoms with Gasteiger partial charge in [-0.2, -0.15) is 0 Å². The minimum absolute atomic E-state index is 0.130. The lowest BCUT2D eigenvalue weighted by Crippen LogP contribution is -2.29. The van der Waals surface area contributed by atoms with E-state index in [9.17, 15) is 4.79 Å². The van der Waals surface area contributed by atoms with Crippen molar-refractivity contribution in [3.8, 4) is 0 Å². The number of methoxy groups -OCH3 is 1. The second kappa shape index (κ2) is 6.23. The van der Waals surface area contributed by atoms with Crippen LogP contribution in [0.2, 0.25) is 0 Å². The first-order valence-corrected chi connectivity index (χ1v) is 5.36. The SMILES string of the molecule is COC(=O)C(C)CN[C@H](C)c1ccncc1. The molecule has 0 saturated heterocycles. The molecule has 1 unspecified atom stereocenters. The highest BCUT2D eigenvalue weighted by atomic mass is 16.5. The van der Waals surface area contributed by atoms with Crippen molar-refractivity contribution in [3.63, 3.8) is 0 Å². The van der Waals surface area contributed by atoms with E-state index in [-0.39, 0.29) is 17.9 Å². The average molecular weight is 222 g/mol. The largest absolute Gasteiger partial charge is 0.469 e. The molecule has 0 radical (unpaired) electrons. The van der Waals surface area contributed by atoms with E-state index in [2.05, 4.69) is 22.0 Å². The summed E-state index contributed by atoms with van der Waals surface area (Å²) in [5.74, 6) is -0.316. The first-order valence-electron chi connectivity index (χ1n) is 5.36. The Balaban J connectivity index is 2.41. The molecule has 0 aromatic carbocycles. The summed E-state index contributed by atoms with van der Waals surface area (Å²) < 4.78 is 4.66. The summed E-state index contributed by atoms with van der Waals surface area (Å²) in [5.41, 5.74) is 1.16. The van der Waals surface area contributed by atoms with E-state index in [0.717, 1.165) is 5.56 Å². The number of nitrogens with one attached hydrogen (secondary N) is 1. The number of aromatic nitrogens is 1. The van der Waals surface area contributed by atoms with Gasteiger partial charge in [-0.25, -0.2) is 0 Å². The lowest BCUT2D eigenvalue weighted by atomic mass is 10.1. The van der Waals surface area contributed by atoms with Crippen LogP contribution in [0.4, 0.5) is 0 Å². The summed E-state index contributed by atoms with van der Waals surface area (Å²) in [5, 5.41) is 3.29. The van der Waals surface area contributed by atoms with Crippen molar-refractivity contribution in [2.75, 3.05) is 13.7 Å². The molecule has 0 aliphatic carbocycles. The van der Waals surface area contributed by atoms with Gasteiger partial charge in [0.1, 0.15) is 0 Å². The molecule has 2 atom stereocenters. The summed E-state index contributed by atoms with van der Waals surface area (Å²) in [6, 6.07) is 4.12. The molecule has 0 fully saturated rings. The Bertz CT molecular complexity index is 327. The number of rotatable bonds is 5. The van der Waals surface area contributed by atoms with Gasteiger partial charge in [0.2, 0.25) is 0 Å². The van der Waals surface area contributed by atoms with Crippen LogP contribution in [0.3, 0.4) is 0 Å². The van der Waals surface area contributed by atoms with Gasteiger partial charge in [-0.15, -0.1) is 0 Å². The maximum absolute atomic E-state index is 11.2. The summed E-state index contributed by atoms with van der Waals surface area (Å²) in [4.78, 5) is 15.2. The van der Waals surface area contributed by atoms with Gasteiger partial charge in [0.05, 0.1) is 13.0 Å². The summed E-state index contributed by atoms with van der Waals surface area (Å²) in [6.07, 6.45) is 3.52. The van der Waals surface area contributed by atoms with Crippen LogP contribution >= 0.6 is 0 Å². The zero-order valence-corrected chi connectivity index (χ0v) is 9.93. The Kier molecular flexibility index (Phi) is 4.92. The molecule has 1 heterocycles. The number of pyridine rings is 1. The quantitative estimate of drug-likeness (QED) is 0.768. The third-order valence-electron chi connectivity index (χ3n) is 2.54. The van der Waals surface area contributed by atoms with E-state index < -0.39 is 0 Å². The molecule has 1 rings (SSSR count). The zero-order chi connectivity index (χ0) is 12.0. The van der Waals surface area contributed by atoms with Crippen LogP contribution < -0.4 is 5.32 Å². The van der Waals surface area contributed by atoms with Crippen LogP contribution in [0.25, 0.3) is 0 Å². The van der Waals surface area contributed by atoms with Crippen molar-refractivity contribution in [1.29, 1.82) is 0 Å². The van der Waals surface area contributed by atoms with Gasteiger partial charge < -0.3 is 10.1 Å². The number of hydrogen-bond acceptors (Lipinski definition) is 4. The monoisotopic (exact) mass is 222 g/mol. The van der Waals surface area contributed by atoms with Crippen molar-refractivity contribution in [3.05, 3.63) is 30.1 Å². The molecule has 0 bridgehead atoms. The lowest BCUT2D eigenvalue weighted by molar-refractivity contribution is -0.144. The first kappa shape index (κ1) is 12.6. The fourth-order valence-corrected chi connectivity index (χ4v) is 1.41. The van der Waals surface area contributed by atoms with Crippen molar-refractivity contribution in [2.45, 2.75) is 19.9 Å². The highest BCUT2D eigenvalue weighted by molar-refractivity contribution is 5.72. The molecule has 4 nitrogen and oxygen atoms in total. The summed E-state index contributed by atoms with van der Waals surface area (Å²) in [7, 11) is 1.41. The smallest absolute Gasteiger partial charge is 0.309 e. The van der Waals surface area contributed by atoms with Gasteiger partial charge in [0, 0.05) is 25.0 Å². The van der Waals surface area contributed by atoms with Crippen LogP contribution in [0.5, 0.6) is 0 Å². The molecule has 1 aromatic heterocycles. The third-order valence-corrected chi connectivity index (χ3v) is 2.54. The first-order chi connectivity index (χ1) is 7.65. The third kappa shape index (κ3) is 3.62. The standard InChI is InChI=1S/C12H18N2O2/c1-9(12(15)16-3)8-14-10(2)11-4-6-13-7-5-11/h4-7,9-10,14H,8H2,1-3H3/t9?,10-/m1/s1. The normalized spacial score (nSPS) is 14.2. The molecule has 0 aliphatic heterocycles. The summed E-state index contributed by atoms with van der Waals surface area (Å²) in [6.45, 7) is 4.51. The molecule has 4 heteroatoms. The Hall–Kier alpha value is -1.42. The zero-order valence-electron chi connectivity index (χ0n) is 9.93. The second-order valence-corrected chi connectivity index (χ2v) is 3.83. The Morgan fingerprint density at radius 2 is 2.06 bits per heavy atom.